The summed E-state index contributed by atoms with van der Waals surface area (Å²) < 4.78 is 15.1. The molecule has 0 aromatic heterocycles. The number of carbonyl (C=O) groups is 2. The van der Waals surface area contributed by atoms with E-state index in [1.165, 1.54) is 128 Å². The minimum Gasteiger partial charge on any atom is -0.508 e. The molecule has 17 atom stereocenters. The number of aliphatic hydroxyl groups is 1. The molecule has 73 heavy (non-hydrogen) atoms. The first-order valence-electron chi connectivity index (χ1n) is 31.0. The van der Waals surface area contributed by atoms with Gasteiger partial charge in [-0.15, -0.1) is 0 Å². The lowest BCUT2D eigenvalue weighted by molar-refractivity contribution is -0.284. The number of rotatable bonds is 4. The third-order valence-electron chi connectivity index (χ3n) is 27.6. The summed E-state index contributed by atoms with van der Waals surface area (Å²) in [4.78, 5) is 38.7. The summed E-state index contributed by atoms with van der Waals surface area (Å²) >= 11 is 0. The van der Waals surface area contributed by atoms with Crippen LogP contribution < -0.4 is 5.73 Å². The van der Waals surface area contributed by atoms with Crippen molar-refractivity contribution < 1.29 is 24.2 Å². The molecule has 11 fully saturated rings. The van der Waals surface area contributed by atoms with Gasteiger partial charge in [0.1, 0.15) is 11.2 Å². The van der Waals surface area contributed by atoms with Crippen molar-refractivity contribution >= 4 is 11.9 Å². The van der Waals surface area contributed by atoms with E-state index in [1.807, 2.05) is 0 Å². The number of aliphatic hydroxyl groups excluding tert-OH is 1. The molecule has 19 rings (SSSR count). The van der Waals surface area contributed by atoms with Crippen LogP contribution in [0.3, 0.4) is 0 Å². The van der Waals surface area contributed by atoms with Crippen LogP contribution in [0, 0.1) is 86.3 Å². The lowest BCUT2D eigenvalue weighted by atomic mass is 9.26. The van der Waals surface area contributed by atoms with Crippen LogP contribution in [0.25, 0.3) is 0 Å². The molecule has 17 unspecified atom stereocenters. The first-order chi connectivity index (χ1) is 35.6. The summed E-state index contributed by atoms with van der Waals surface area (Å²) in [5, 5.41) is 14.4. The van der Waals surface area contributed by atoms with Crippen molar-refractivity contribution in [1.82, 2.24) is 9.80 Å². The van der Waals surface area contributed by atoms with E-state index in [0.717, 1.165) is 68.2 Å². The maximum absolute atomic E-state index is 16.9. The van der Waals surface area contributed by atoms with Crippen LogP contribution in [0.5, 0.6) is 0 Å². The predicted molar refractivity (Wildman–Crippen MR) is 277 cm³/mol. The topological polar surface area (TPSA) is 105 Å². The van der Waals surface area contributed by atoms with Gasteiger partial charge >= 0.3 is 11.9 Å². The van der Waals surface area contributed by atoms with Gasteiger partial charge in [-0.1, -0.05) is 73.6 Å². The molecular formula is C65H81N3O5. The molecule has 1 aromatic carbocycles. The minimum absolute atomic E-state index is 0.101. The van der Waals surface area contributed by atoms with Crippen molar-refractivity contribution in [2.24, 2.45) is 92.0 Å². The molecule has 0 amide bonds. The molecule has 8 heteroatoms. The molecule has 10 aliphatic carbocycles. The van der Waals surface area contributed by atoms with Gasteiger partial charge in [-0.05, 0) is 211 Å². The Kier molecular flexibility index (Phi) is 8.51. The first kappa shape index (κ1) is 43.7. The van der Waals surface area contributed by atoms with Crippen molar-refractivity contribution in [2.45, 2.75) is 198 Å². The number of nitrogens with zero attached hydrogens (tertiary/aromatic N) is 2. The average molecular weight is 984 g/mol. The zero-order chi connectivity index (χ0) is 48.3. The summed E-state index contributed by atoms with van der Waals surface area (Å²) in [5.74, 6) is 3.94. The van der Waals surface area contributed by atoms with Gasteiger partial charge < -0.3 is 25.2 Å². The summed E-state index contributed by atoms with van der Waals surface area (Å²) in [6.45, 7) is 5.55. The molecule has 386 valence electrons. The maximum Gasteiger partial charge on any atom is 0.339 e. The normalized spacial score (nSPS) is 49.6. The first-order valence-corrected chi connectivity index (χ1v) is 31.0. The molecule has 6 spiro atoms. The van der Waals surface area contributed by atoms with E-state index in [-0.39, 0.29) is 46.6 Å². The van der Waals surface area contributed by atoms with Gasteiger partial charge in [0.25, 0.3) is 0 Å². The van der Waals surface area contributed by atoms with E-state index in [2.05, 4.69) is 41.0 Å². The molecule has 5 saturated heterocycles. The van der Waals surface area contributed by atoms with Gasteiger partial charge in [0.05, 0.1) is 11.0 Å². The Morgan fingerprint density at radius 2 is 1.74 bits per heavy atom. The summed E-state index contributed by atoms with van der Waals surface area (Å²) in [7, 11) is 0. The second-order valence-corrected chi connectivity index (χ2v) is 29.4. The molecule has 8 nitrogen and oxygen atoms in total. The van der Waals surface area contributed by atoms with Gasteiger partial charge in [0.2, 0.25) is 0 Å². The highest BCUT2D eigenvalue weighted by Gasteiger charge is 2.94. The van der Waals surface area contributed by atoms with Crippen molar-refractivity contribution in [3.8, 4) is 0 Å². The van der Waals surface area contributed by atoms with Crippen LogP contribution in [0.4, 0.5) is 0 Å². The summed E-state index contributed by atoms with van der Waals surface area (Å²) in [6, 6.07) is 7.87. The number of benzene rings is 1. The fourth-order valence-electron chi connectivity index (χ4n) is 25.6. The van der Waals surface area contributed by atoms with E-state index in [1.54, 1.807) is 22.4 Å². The Bertz CT molecular complexity index is 2850. The number of ether oxygens (including phenoxy) is 2. The largest absolute Gasteiger partial charge is 0.508 e. The number of nitrogens with two attached hydrogens (primary N) is 1. The number of hydrogen-bond donors (Lipinski definition) is 2. The van der Waals surface area contributed by atoms with Crippen LogP contribution in [0.15, 0.2) is 63.8 Å². The van der Waals surface area contributed by atoms with E-state index in [0.29, 0.717) is 83.4 Å². The van der Waals surface area contributed by atoms with Gasteiger partial charge in [-0.25, -0.2) is 4.79 Å². The van der Waals surface area contributed by atoms with Crippen LogP contribution in [0.2, 0.25) is 0 Å². The molecule has 1 aromatic rings. The van der Waals surface area contributed by atoms with Gasteiger partial charge in [0, 0.05) is 66.1 Å². The summed E-state index contributed by atoms with van der Waals surface area (Å²) in [5.41, 5.74) is 14.7. The third kappa shape index (κ3) is 4.78. The average Bonchev–Trinajstić information content (AvgIpc) is 4.27. The second-order valence-electron chi connectivity index (χ2n) is 29.4. The fourth-order valence-corrected chi connectivity index (χ4v) is 25.6. The van der Waals surface area contributed by atoms with Crippen molar-refractivity contribution in [3.05, 3.63) is 80.5 Å². The number of allylic oxidation sites excluding steroid dienone is 4. The zero-order valence-electron chi connectivity index (χ0n) is 43.9. The van der Waals surface area contributed by atoms with E-state index in [9.17, 15) is 5.11 Å². The molecule has 8 aliphatic heterocycles. The van der Waals surface area contributed by atoms with E-state index in [4.69, 9.17) is 15.2 Å². The van der Waals surface area contributed by atoms with E-state index < -0.39 is 16.4 Å². The molecular weight excluding hydrogens is 903 g/mol. The van der Waals surface area contributed by atoms with Crippen LogP contribution >= 0.6 is 0 Å². The number of piperidine rings is 3. The minimum atomic E-state index is -1.13. The standard InChI is InChI=1S/C65H81N3O5/c1-35-26-39-13-14-48-42-28-43-33-67(48)54(39)52-44-17-22-63-57(55(69)45-29-40-15-20-61(56(45)68(32-42)53(40)43)24-23-60(34-61)18-4-5-19-60)72-59(71)64(63)49(65(63)47-12-6-10-37(11-7-25-66)50(47)58(70)73-65)30-41(36-8-2-3-9-36)27-38-16-21-62(35,52)31-46(38)51(44)64/h6,10,12,27,35-36,40-43,45-46,48-49,52-53,56,69H,2-5,7-9,11,13-26,28-34,66H2,1H3. The lowest BCUT2D eigenvalue weighted by Gasteiger charge is -2.74. The summed E-state index contributed by atoms with van der Waals surface area (Å²) in [6.07, 6.45) is 33.1. The zero-order valence-corrected chi connectivity index (χ0v) is 43.9. The highest BCUT2D eigenvalue weighted by molar-refractivity contribution is 6.00. The molecule has 6 saturated carbocycles. The van der Waals surface area contributed by atoms with Crippen LogP contribution in [-0.2, 0) is 26.3 Å². The quantitative estimate of drug-likeness (QED) is 0.227. The Hall–Kier alpha value is -3.36. The molecule has 0 radical (unpaired) electrons. The predicted octanol–water partition coefficient (Wildman–Crippen LogP) is 12.1. The van der Waals surface area contributed by atoms with Crippen LogP contribution in [-0.4, -0.2) is 64.6 Å². The Labute approximate surface area is 433 Å². The van der Waals surface area contributed by atoms with Crippen molar-refractivity contribution in [2.75, 3.05) is 19.6 Å². The van der Waals surface area contributed by atoms with Gasteiger partial charge in [-0.2, -0.15) is 0 Å². The van der Waals surface area contributed by atoms with Crippen molar-refractivity contribution in [1.29, 1.82) is 0 Å². The number of esters is 2. The maximum atomic E-state index is 16.9. The Morgan fingerprint density at radius 1 is 0.863 bits per heavy atom. The third-order valence-corrected chi connectivity index (χ3v) is 27.6. The second kappa shape index (κ2) is 14.2. The molecule has 11 bridgehead atoms. The number of hydrogen-bond acceptors (Lipinski definition) is 8. The Morgan fingerprint density at radius 3 is 2.60 bits per heavy atom. The monoisotopic (exact) mass is 984 g/mol. The van der Waals surface area contributed by atoms with E-state index >= 15 is 9.59 Å². The fraction of sp³-hybridized carbons (Fsp3) is 0.754. The number of fused-ring (bicyclic) bond motifs is 7. The molecule has 18 aliphatic rings. The smallest absolute Gasteiger partial charge is 0.339 e. The highest BCUT2D eigenvalue weighted by Crippen LogP contribution is 2.90. The van der Waals surface area contributed by atoms with Gasteiger partial charge in [-0.3, -0.25) is 9.69 Å². The molecule has 8 heterocycles. The Balaban J connectivity index is 0.956. The SMILES string of the molecule is CC1CC2=C3C4C5=C6C7CC14CCC7=CC(C1CCCC1)CC1C64C(=O)OC(=C(O)C6CC7CCC8(CCC9(CCCC9)C8)C6N6CC8CC(CN3C8CC2)C76)C4(CC5)C12OC(=O)c1c(CCCN)cccc12. The number of aryl methyl sites for hydroxylation is 1. The lowest BCUT2D eigenvalue weighted by Crippen LogP contribution is -2.78. The molecule has 3 N–H and O–H groups in total. The number of carbonyl (C=O) groups excluding carboxylic acids is 2. The van der Waals surface area contributed by atoms with Gasteiger partial charge in [0.15, 0.2) is 11.4 Å². The van der Waals surface area contributed by atoms with Crippen molar-refractivity contribution in [3.63, 3.8) is 0 Å². The van der Waals surface area contributed by atoms with Crippen LogP contribution in [0.1, 0.15) is 189 Å². The highest BCUT2D eigenvalue weighted by atomic mass is 16.6.